The molecule has 0 fully saturated rings. The van der Waals surface area contributed by atoms with Gasteiger partial charge in [0.1, 0.15) is 5.60 Å². The van der Waals surface area contributed by atoms with Crippen LogP contribution in [0.3, 0.4) is 0 Å². The van der Waals surface area contributed by atoms with Gasteiger partial charge < -0.3 is 9.53 Å². The van der Waals surface area contributed by atoms with Gasteiger partial charge in [-0.25, -0.2) is 0 Å². The van der Waals surface area contributed by atoms with Gasteiger partial charge in [-0.1, -0.05) is 24.3 Å². The zero-order valence-corrected chi connectivity index (χ0v) is 8.91. The van der Waals surface area contributed by atoms with Crippen molar-refractivity contribution in [2.24, 2.45) is 0 Å². The molecular formula is C12H16O2. The molecule has 0 aliphatic carbocycles. The van der Waals surface area contributed by atoms with Gasteiger partial charge in [-0.15, -0.1) is 0 Å². The van der Waals surface area contributed by atoms with Crippen molar-refractivity contribution in [3.8, 4) is 0 Å². The molecular weight excluding hydrogens is 176 g/mol. The number of hydrogen-bond acceptors (Lipinski definition) is 2. The van der Waals surface area contributed by atoms with E-state index in [1.165, 1.54) is 5.56 Å². The normalized spacial score (nSPS) is 14.8. The summed E-state index contributed by atoms with van der Waals surface area (Å²) in [6, 6.07) is 8.03. The third-order valence-corrected chi connectivity index (χ3v) is 2.52. The molecule has 14 heavy (non-hydrogen) atoms. The van der Waals surface area contributed by atoms with Crippen LogP contribution in [0.2, 0.25) is 0 Å². The van der Waals surface area contributed by atoms with E-state index >= 15 is 0 Å². The summed E-state index contributed by atoms with van der Waals surface area (Å²) in [6.45, 7) is 3.84. The van der Waals surface area contributed by atoms with Crippen molar-refractivity contribution >= 4 is 6.29 Å². The highest BCUT2D eigenvalue weighted by atomic mass is 16.5. The molecule has 0 aromatic heterocycles. The lowest BCUT2D eigenvalue weighted by Gasteiger charge is -2.22. The van der Waals surface area contributed by atoms with E-state index < -0.39 is 5.60 Å². The maximum absolute atomic E-state index is 10.8. The number of ether oxygens (including phenoxy) is 1. The average molecular weight is 192 g/mol. The molecule has 2 heteroatoms. The van der Waals surface area contributed by atoms with Gasteiger partial charge in [0.05, 0.1) is 0 Å². The van der Waals surface area contributed by atoms with Crippen LogP contribution in [0.15, 0.2) is 24.3 Å². The van der Waals surface area contributed by atoms with E-state index in [2.05, 4.69) is 0 Å². The number of rotatable bonds is 4. The highest BCUT2D eigenvalue weighted by Gasteiger charge is 2.23. The average Bonchev–Trinajstić information content (AvgIpc) is 2.21. The van der Waals surface area contributed by atoms with Crippen molar-refractivity contribution in [2.45, 2.75) is 25.9 Å². The molecule has 0 aliphatic rings. The minimum absolute atomic E-state index is 0.625. The van der Waals surface area contributed by atoms with Crippen LogP contribution < -0.4 is 0 Å². The number of aryl methyl sites for hydroxylation is 1. The van der Waals surface area contributed by atoms with E-state index in [4.69, 9.17) is 4.74 Å². The first-order valence-corrected chi connectivity index (χ1v) is 4.67. The highest BCUT2D eigenvalue weighted by Crippen LogP contribution is 2.17. The minimum Gasteiger partial charge on any atom is -0.371 e. The standard InChI is InChI=1S/C12H16O2/c1-10-6-4-5-7-11(10)8-12(2,9-13)14-3/h4-7,9H,8H2,1-3H3. The predicted molar refractivity (Wildman–Crippen MR) is 56.4 cm³/mol. The van der Waals surface area contributed by atoms with E-state index in [0.717, 1.165) is 11.8 Å². The molecule has 1 aromatic rings. The Hall–Kier alpha value is -1.15. The quantitative estimate of drug-likeness (QED) is 0.683. The molecule has 1 atom stereocenters. The lowest BCUT2D eigenvalue weighted by atomic mass is 9.95. The zero-order chi connectivity index (χ0) is 10.6. The smallest absolute Gasteiger partial charge is 0.151 e. The van der Waals surface area contributed by atoms with E-state index in [1.54, 1.807) is 14.0 Å². The van der Waals surface area contributed by atoms with E-state index in [0.29, 0.717) is 6.42 Å². The Morgan fingerprint density at radius 1 is 1.43 bits per heavy atom. The van der Waals surface area contributed by atoms with Gasteiger partial charge in [-0.2, -0.15) is 0 Å². The first-order valence-electron chi connectivity index (χ1n) is 4.67. The van der Waals surface area contributed by atoms with Crippen LogP contribution in [-0.4, -0.2) is 19.0 Å². The van der Waals surface area contributed by atoms with Crippen LogP contribution in [0.25, 0.3) is 0 Å². The fourth-order valence-corrected chi connectivity index (χ4v) is 1.35. The van der Waals surface area contributed by atoms with E-state index in [9.17, 15) is 4.79 Å². The van der Waals surface area contributed by atoms with Crippen molar-refractivity contribution in [3.63, 3.8) is 0 Å². The zero-order valence-electron chi connectivity index (χ0n) is 8.91. The Balaban J connectivity index is 2.87. The molecule has 0 amide bonds. The Morgan fingerprint density at radius 3 is 2.57 bits per heavy atom. The first kappa shape index (κ1) is 10.9. The molecule has 1 aromatic carbocycles. The molecule has 76 valence electrons. The lowest BCUT2D eigenvalue weighted by Crippen LogP contribution is -2.32. The van der Waals surface area contributed by atoms with Crippen molar-refractivity contribution in [3.05, 3.63) is 35.4 Å². The summed E-state index contributed by atoms with van der Waals surface area (Å²) in [4.78, 5) is 10.8. The number of hydrogen-bond donors (Lipinski definition) is 0. The maximum Gasteiger partial charge on any atom is 0.151 e. The Bertz CT molecular complexity index is 320. The molecule has 1 rings (SSSR count). The summed E-state index contributed by atoms with van der Waals surface area (Å²) in [5.41, 5.74) is 1.65. The van der Waals surface area contributed by atoms with Gasteiger partial charge in [-0.3, -0.25) is 0 Å². The molecule has 0 bridgehead atoms. The summed E-state index contributed by atoms with van der Waals surface area (Å²) in [6.07, 6.45) is 1.49. The highest BCUT2D eigenvalue weighted by molar-refractivity contribution is 5.62. The molecule has 1 unspecified atom stereocenters. The molecule has 0 radical (unpaired) electrons. The number of benzene rings is 1. The van der Waals surface area contributed by atoms with Gasteiger partial charge >= 0.3 is 0 Å². The van der Waals surface area contributed by atoms with E-state index in [1.807, 2.05) is 31.2 Å². The van der Waals surface area contributed by atoms with Crippen LogP contribution in [0, 0.1) is 6.92 Å². The fraction of sp³-hybridized carbons (Fsp3) is 0.417. The van der Waals surface area contributed by atoms with Gasteiger partial charge in [0.25, 0.3) is 0 Å². The third kappa shape index (κ3) is 2.42. The van der Waals surface area contributed by atoms with E-state index in [-0.39, 0.29) is 0 Å². The maximum atomic E-state index is 10.8. The van der Waals surface area contributed by atoms with Gasteiger partial charge in [-0.05, 0) is 25.0 Å². The number of methoxy groups -OCH3 is 1. The van der Waals surface area contributed by atoms with Gasteiger partial charge in [0.15, 0.2) is 6.29 Å². The van der Waals surface area contributed by atoms with Crippen molar-refractivity contribution in [2.75, 3.05) is 7.11 Å². The number of carbonyl (C=O) groups is 1. The third-order valence-electron chi connectivity index (χ3n) is 2.52. The van der Waals surface area contributed by atoms with Gasteiger partial charge in [0, 0.05) is 13.5 Å². The monoisotopic (exact) mass is 192 g/mol. The summed E-state index contributed by atoms with van der Waals surface area (Å²) in [7, 11) is 1.56. The number of aldehydes is 1. The van der Waals surface area contributed by atoms with Crippen LogP contribution in [0.5, 0.6) is 0 Å². The van der Waals surface area contributed by atoms with Crippen LogP contribution in [0.1, 0.15) is 18.1 Å². The molecule has 0 spiro atoms. The summed E-state index contributed by atoms with van der Waals surface area (Å²) >= 11 is 0. The Labute approximate surface area is 84.9 Å². The topological polar surface area (TPSA) is 26.3 Å². The molecule has 2 nitrogen and oxygen atoms in total. The first-order chi connectivity index (χ1) is 6.61. The van der Waals surface area contributed by atoms with Gasteiger partial charge in [0.2, 0.25) is 0 Å². The predicted octanol–water partition coefficient (Wildman–Crippen LogP) is 2.14. The molecule has 0 saturated carbocycles. The second kappa shape index (κ2) is 4.38. The Kier molecular flexibility index (Phi) is 3.42. The lowest BCUT2D eigenvalue weighted by molar-refractivity contribution is -0.125. The van der Waals surface area contributed by atoms with Crippen LogP contribution >= 0.6 is 0 Å². The van der Waals surface area contributed by atoms with Crippen LogP contribution in [0.4, 0.5) is 0 Å². The molecule has 0 heterocycles. The largest absolute Gasteiger partial charge is 0.371 e. The number of carbonyl (C=O) groups excluding carboxylic acids is 1. The SMILES string of the molecule is COC(C)(C=O)Cc1ccccc1C. The molecule has 0 aliphatic heterocycles. The summed E-state index contributed by atoms with van der Waals surface area (Å²) in [5.74, 6) is 0. The second-order valence-electron chi connectivity index (χ2n) is 3.74. The van der Waals surface area contributed by atoms with Crippen molar-refractivity contribution in [1.82, 2.24) is 0 Å². The summed E-state index contributed by atoms with van der Waals surface area (Å²) < 4.78 is 5.18. The van der Waals surface area contributed by atoms with Crippen LogP contribution in [-0.2, 0) is 16.0 Å². The van der Waals surface area contributed by atoms with Crippen molar-refractivity contribution in [1.29, 1.82) is 0 Å². The molecule has 0 N–H and O–H groups in total. The fourth-order valence-electron chi connectivity index (χ4n) is 1.35. The summed E-state index contributed by atoms with van der Waals surface area (Å²) in [5, 5.41) is 0. The molecule has 0 saturated heterocycles. The minimum atomic E-state index is -0.702. The Morgan fingerprint density at radius 2 is 2.07 bits per heavy atom. The van der Waals surface area contributed by atoms with Crippen molar-refractivity contribution < 1.29 is 9.53 Å². The second-order valence-corrected chi connectivity index (χ2v) is 3.74.